The molecule has 0 bridgehead atoms. The van der Waals surface area contributed by atoms with Crippen LogP contribution in [0.25, 0.3) is 0 Å². The number of rotatable bonds is 0. The zero-order valence-corrected chi connectivity index (χ0v) is 11.9. The van der Waals surface area contributed by atoms with Gasteiger partial charge in [0, 0.05) is 0 Å². The van der Waals surface area contributed by atoms with Gasteiger partial charge in [-0.1, -0.05) is 0 Å². The third-order valence-corrected chi connectivity index (χ3v) is 0. The van der Waals surface area contributed by atoms with Gasteiger partial charge in [0.2, 0.25) is 0 Å². The molecule has 9 nitrogen and oxygen atoms in total. The third-order valence-electron chi connectivity index (χ3n) is 0. The normalized spacial score (nSPS) is 4.54. The molecule has 0 fully saturated rings. The minimum Gasteiger partial charge on any atom is -0.786 e. The Kier molecular flexibility index (Phi) is 238. The van der Waals surface area contributed by atoms with E-state index in [-0.39, 0.29) is 92.0 Å². The topological polar surface area (TPSA) is 252 Å². The van der Waals surface area contributed by atoms with Gasteiger partial charge in [-0.25, -0.2) is 4.20 Å². The van der Waals surface area contributed by atoms with Gasteiger partial charge < -0.3 is 47.2 Å². The van der Waals surface area contributed by atoms with Crippen LogP contribution in [0.2, 0.25) is 0 Å². The van der Waals surface area contributed by atoms with Crippen molar-refractivity contribution in [1.29, 1.82) is 0 Å². The molecule has 0 saturated carbocycles. The van der Waals surface area contributed by atoms with Crippen LogP contribution in [0.5, 0.6) is 0 Å². The van der Waals surface area contributed by atoms with Gasteiger partial charge in [-0.3, -0.25) is 0 Å². The summed E-state index contributed by atoms with van der Waals surface area (Å²) in [6.07, 6.45) is 0. The molecule has 0 amide bonds. The van der Waals surface area contributed by atoms with E-state index in [9.17, 15) is 4.20 Å². The summed E-state index contributed by atoms with van der Waals surface area (Å²) in [5.41, 5.74) is 0. The molecule has 0 spiro atoms. The standard InChI is InChI=1S/FH2O3P.2Na.6H2O/c1-5(2,3)4;;;;;;;;/h(H2,2,3,4);;;6*1H2/q;2*+1;;;;;;/p-2. The number of halogens is 1. The van der Waals surface area contributed by atoms with Crippen LogP contribution in [0.3, 0.4) is 0 Å². The van der Waals surface area contributed by atoms with E-state index in [2.05, 4.69) is 0 Å². The molecule has 0 radical (unpaired) electrons. The number of hydrogen-bond donors (Lipinski definition) is 0. The first-order valence-electron chi connectivity index (χ1n) is 0.717. The van der Waals surface area contributed by atoms with Crippen molar-refractivity contribution in [3.8, 4) is 0 Å². The second-order valence-electron chi connectivity index (χ2n) is 0.431. The van der Waals surface area contributed by atoms with Crippen molar-refractivity contribution >= 4 is 7.91 Å². The maximum atomic E-state index is 10.1. The Morgan fingerprint density at radius 3 is 0.769 bits per heavy atom. The molecule has 0 aromatic rings. The Balaban J connectivity index is -0.00000000286. The Morgan fingerprint density at radius 2 is 0.769 bits per heavy atom. The molecule has 0 aromatic carbocycles. The molecular weight excluding hydrogens is 240 g/mol. The summed E-state index contributed by atoms with van der Waals surface area (Å²) in [4.78, 5) is 16.9. The quantitative estimate of drug-likeness (QED) is 0.300. The van der Waals surface area contributed by atoms with E-state index in [0.717, 1.165) is 0 Å². The fraction of sp³-hybridized carbons (Fsp3) is 0. The summed E-state index contributed by atoms with van der Waals surface area (Å²) in [5.74, 6) is 0. The zero-order chi connectivity index (χ0) is 4.50. The van der Waals surface area contributed by atoms with Crippen molar-refractivity contribution in [2.75, 3.05) is 0 Å². The van der Waals surface area contributed by atoms with E-state index in [1.54, 1.807) is 0 Å². The first-order chi connectivity index (χ1) is 2.00. The SMILES string of the molecule is O.O.O.O.O.O.O=P([O-])([O-])F.[Na+].[Na+]. The van der Waals surface area contributed by atoms with Crippen LogP contribution >= 0.6 is 7.91 Å². The van der Waals surface area contributed by atoms with Crippen molar-refractivity contribution in [1.82, 2.24) is 0 Å². The fourth-order valence-corrected chi connectivity index (χ4v) is 0. The van der Waals surface area contributed by atoms with E-state index in [1.165, 1.54) is 0 Å². The van der Waals surface area contributed by atoms with E-state index < -0.39 is 7.91 Å². The minimum atomic E-state index is -5.64. The van der Waals surface area contributed by atoms with Crippen LogP contribution in [-0.2, 0) is 4.57 Å². The van der Waals surface area contributed by atoms with Crippen LogP contribution in [0.15, 0.2) is 0 Å². The molecule has 13 heteroatoms. The van der Waals surface area contributed by atoms with Crippen molar-refractivity contribution in [3.05, 3.63) is 0 Å². The molecular formula is H12FNa2O9P. The summed E-state index contributed by atoms with van der Waals surface area (Å²) < 4.78 is 18.6. The third kappa shape index (κ3) is 573. The van der Waals surface area contributed by atoms with Crippen molar-refractivity contribution in [3.63, 3.8) is 0 Å². The molecule has 80 valence electrons. The number of hydrogen-bond acceptors (Lipinski definition) is 3. The monoisotopic (exact) mass is 252 g/mol. The maximum absolute atomic E-state index is 10.1. The van der Waals surface area contributed by atoms with Crippen LogP contribution in [0, 0.1) is 0 Å². The van der Waals surface area contributed by atoms with Crippen molar-refractivity contribution < 1.29 is 111 Å². The van der Waals surface area contributed by atoms with Crippen LogP contribution in [0.4, 0.5) is 4.20 Å². The van der Waals surface area contributed by atoms with E-state index in [1.807, 2.05) is 0 Å². The van der Waals surface area contributed by atoms with Gasteiger partial charge in [-0.15, -0.1) is 0 Å². The smallest absolute Gasteiger partial charge is 0.786 e. The van der Waals surface area contributed by atoms with Crippen LogP contribution in [0.1, 0.15) is 0 Å². The predicted molar refractivity (Wildman–Crippen MR) is 30.4 cm³/mol. The second kappa shape index (κ2) is 37.1. The minimum absolute atomic E-state index is 0. The summed E-state index contributed by atoms with van der Waals surface area (Å²) >= 11 is 0. The van der Waals surface area contributed by atoms with E-state index in [0.29, 0.717) is 0 Å². The Labute approximate surface area is 117 Å². The van der Waals surface area contributed by atoms with Gasteiger partial charge in [0.1, 0.15) is 7.91 Å². The summed E-state index contributed by atoms with van der Waals surface area (Å²) in [5, 5.41) is 0. The average Bonchev–Trinajstić information content (AvgIpc) is 0.722. The molecule has 0 unspecified atom stereocenters. The van der Waals surface area contributed by atoms with Crippen LogP contribution < -0.4 is 68.9 Å². The Hall–Kier alpha value is 1.84. The van der Waals surface area contributed by atoms with Crippen molar-refractivity contribution in [2.24, 2.45) is 0 Å². The fourth-order valence-electron chi connectivity index (χ4n) is 0. The second-order valence-corrected chi connectivity index (χ2v) is 1.29. The van der Waals surface area contributed by atoms with Crippen LogP contribution in [-0.4, -0.2) is 32.9 Å². The van der Waals surface area contributed by atoms with Gasteiger partial charge in [0.05, 0.1) is 0 Å². The van der Waals surface area contributed by atoms with E-state index >= 15 is 0 Å². The molecule has 0 atom stereocenters. The van der Waals surface area contributed by atoms with Crippen molar-refractivity contribution in [2.45, 2.75) is 0 Å². The summed E-state index contributed by atoms with van der Waals surface area (Å²) in [6, 6.07) is 0. The molecule has 13 heavy (non-hydrogen) atoms. The Bertz CT molecular complexity index is 63.8. The summed E-state index contributed by atoms with van der Waals surface area (Å²) in [7, 11) is -5.64. The molecule has 0 aliphatic carbocycles. The van der Waals surface area contributed by atoms with Gasteiger partial charge in [0.25, 0.3) is 0 Å². The molecule has 12 N–H and O–H groups in total. The maximum Gasteiger partial charge on any atom is 1.00 e. The molecule has 0 heterocycles. The molecule has 0 rings (SSSR count). The molecule has 0 aliphatic rings. The van der Waals surface area contributed by atoms with E-state index in [4.69, 9.17) is 14.4 Å². The first kappa shape index (κ1) is 83.3. The van der Waals surface area contributed by atoms with Gasteiger partial charge in [-0.05, 0) is 0 Å². The predicted octanol–water partition coefficient (Wildman–Crippen LogP) is -12.2. The first-order valence-corrected chi connectivity index (χ1v) is 2.15. The molecule has 0 aliphatic heterocycles. The Morgan fingerprint density at radius 1 is 0.769 bits per heavy atom. The van der Waals surface area contributed by atoms with Gasteiger partial charge in [0.15, 0.2) is 0 Å². The zero-order valence-electron chi connectivity index (χ0n) is 7.05. The van der Waals surface area contributed by atoms with Gasteiger partial charge >= 0.3 is 59.1 Å². The van der Waals surface area contributed by atoms with Gasteiger partial charge in [-0.2, -0.15) is 0 Å². The summed E-state index contributed by atoms with van der Waals surface area (Å²) in [6.45, 7) is 0. The molecule has 0 aromatic heterocycles. The molecule has 0 saturated heterocycles. The largest absolute Gasteiger partial charge is 1.00 e. The average molecular weight is 252 g/mol.